The molecule has 0 aliphatic rings. The lowest BCUT2D eigenvalue weighted by atomic mass is 10.6. The third-order valence-electron chi connectivity index (χ3n) is 2.06. The number of hydrogen-bond acceptors (Lipinski definition) is 9. The summed E-state index contributed by atoms with van der Waals surface area (Å²) in [7, 11) is 5.47. The van der Waals surface area contributed by atoms with E-state index in [2.05, 4.69) is 40.2 Å². The number of hydrogen-bond donors (Lipinski definition) is 2. The lowest BCUT2D eigenvalue weighted by Crippen LogP contribution is -2.16. The molecule has 96 valence electrons. The smallest absolute Gasteiger partial charge is 0.231 e. The molecular formula is C9H14N8O. The SMILES string of the molecule is CNc1nc(NCc2ncon2)nc(N(C)C)n1. The third-order valence-corrected chi connectivity index (χ3v) is 2.06. The molecule has 0 radical (unpaired) electrons. The highest BCUT2D eigenvalue weighted by Crippen LogP contribution is 2.11. The Bertz CT molecular complexity index is 497. The average Bonchev–Trinajstić information content (AvgIpc) is 2.89. The van der Waals surface area contributed by atoms with Crippen LogP contribution in [0.2, 0.25) is 0 Å². The third kappa shape index (κ3) is 2.81. The Labute approximate surface area is 104 Å². The van der Waals surface area contributed by atoms with Gasteiger partial charge < -0.3 is 20.1 Å². The highest BCUT2D eigenvalue weighted by molar-refractivity contribution is 5.42. The predicted octanol–water partition coefficient (Wildman–Crippen LogP) is -0.0256. The molecule has 9 nitrogen and oxygen atoms in total. The van der Waals surface area contributed by atoms with Crippen LogP contribution in [0.15, 0.2) is 10.9 Å². The number of aromatic nitrogens is 5. The molecule has 0 atom stereocenters. The fraction of sp³-hybridized carbons (Fsp3) is 0.444. The molecule has 2 aromatic heterocycles. The number of rotatable bonds is 5. The number of anilines is 3. The zero-order chi connectivity index (χ0) is 13.0. The lowest BCUT2D eigenvalue weighted by Gasteiger charge is -2.12. The van der Waals surface area contributed by atoms with E-state index in [-0.39, 0.29) is 0 Å². The van der Waals surface area contributed by atoms with Crippen LogP contribution < -0.4 is 15.5 Å². The normalized spacial score (nSPS) is 10.2. The van der Waals surface area contributed by atoms with Gasteiger partial charge in [0.15, 0.2) is 5.82 Å². The largest absolute Gasteiger partial charge is 0.357 e. The zero-order valence-corrected chi connectivity index (χ0v) is 10.4. The molecule has 9 heteroatoms. The fourth-order valence-electron chi connectivity index (χ4n) is 1.18. The van der Waals surface area contributed by atoms with Crippen molar-refractivity contribution in [2.45, 2.75) is 6.54 Å². The summed E-state index contributed by atoms with van der Waals surface area (Å²) in [4.78, 5) is 18.3. The van der Waals surface area contributed by atoms with Gasteiger partial charge in [0.05, 0.1) is 6.54 Å². The van der Waals surface area contributed by atoms with Gasteiger partial charge in [-0.25, -0.2) is 0 Å². The van der Waals surface area contributed by atoms with Crippen molar-refractivity contribution in [2.75, 3.05) is 36.7 Å². The van der Waals surface area contributed by atoms with Gasteiger partial charge in [0, 0.05) is 21.1 Å². The van der Waals surface area contributed by atoms with Crippen LogP contribution in [0.5, 0.6) is 0 Å². The van der Waals surface area contributed by atoms with E-state index in [1.54, 1.807) is 11.9 Å². The van der Waals surface area contributed by atoms with E-state index in [0.29, 0.717) is 30.2 Å². The first-order valence-electron chi connectivity index (χ1n) is 5.29. The molecule has 0 aliphatic heterocycles. The molecule has 0 bridgehead atoms. The Morgan fingerprint density at radius 3 is 2.61 bits per heavy atom. The van der Waals surface area contributed by atoms with Gasteiger partial charge in [0.1, 0.15) is 0 Å². The van der Waals surface area contributed by atoms with E-state index in [9.17, 15) is 0 Å². The van der Waals surface area contributed by atoms with Crippen LogP contribution >= 0.6 is 0 Å². The van der Waals surface area contributed by atoms with Crippen LogP contribution in [0.25, 0.3) is 0 Å². The van der Waals surface area contributed by atoms with E-state index in [1.807, 2.05) is 14.1 Å². The molecule has 0 amide bonds. The van der Waals surface area contributed by atoms with Gasteiger partial charge in [-0.1, -0.05) is 5.16 Å². The Hall–Kier alpha value is -2.45. The van der Waals surface area contributed by atoms with Crippen LogP contribution in [0.4, 0.5) is 17.8 Å². The summed E-state index contributed by atoms with van der Waals surface area (Å²) in [5.41, 5.74) is 0. The first kappa shape index (κ1) is 12.0. The van der Waals surface area contributed by atoms with Crippen LogP contribution in [-0.2, 0) is 6.54 Å². The summed E-state index contributed by atoms with van der Waals surface area (Å²) in [5, 5.41) is 9.57. The minimum absolute atomic E-state index is 0.385. The van der Waals surface area contributed by atoms with Gasteiger partial charge >= 0.3 is 0 Å². The topological polar surface area (TPSA) is 105 Å². The van der Waals surface area contributed by atoms with Crippen molar-refractivity contribution in [3.05, 3.63) is 12.2 Å². The van der Waals surface area contributed by atoms with Crippen molar-refractivity contribution < 1.29 is 4.52 Å². The molecule has 0 aliphatic carbocycles. The van der Waals surface area contributed by atoms with E-state index in [1.165, 1.54) is 6.39 Å². The fourth-order valence-corrected chi connectivity index (χ4v) is 1.18. The Kier molecular flexibility index (Phi) is 3.51. The van der Waals surface area contributed by atoms with Crippen LogP contribution in [0.1, 0.15) is 5.82 Å². The average molecular weight is 250 g/mol. The zero-order valence-electron chi connectivity index (χ0n) is 10.4. The Morgan fingerprint density at radius 1 is 1.22 bits per heavy atom. The van der Waals surface area contributed by atoms with E-state index in [4.69, 9.17) is 0 Å². The standard InChI is InChI=1S/C9H14N8O/c1-10-7-13-8(15-9(14-7)17(2)3)11-4-6-12-5-18-16-6/h5H,4H2,1-3H3,(H2,10,11,13,14,15). The molecule has 0 spiro atoms. The summed E-state index contributed by atoms with van der Waals surface area (Å²) in [5.74, 6) is 2.03. The molecule has 0 saturated heterocycles. The first-order chi connectivity index (χ1) is 8.69. The molecule has 2 N–H and O–H groups in total. The van der Waals surface area contributed by atoms with Crippen molar-refractivity contribution in [3.8, 4) is 0 Å². The molecule has 18 heavy (non-hydrogen) atoms. The quantitative estimate of drug-likeness (QED) is 0.756. The molecular weight excluding hydrogens is 236 g/mol. The summed E-state index contributed by atoms with van der Waals surface area (Å²) in [6.45, 7) is 0.385. The van der Waals surface area contributed by atoms with Crippen LogP contribution in [-0.4, -0.2) is 46.2 Å². The number of nitrogens with one attached hydrogen (secondary N) is 2. The summed E-state index contributed by atoms with van der Waals surface area (Å²) >= 11 is 0. The van der Waals surface area contributed by atoms with Gasteiger partial charge in [-0.3, -0.25) is 0 Å². The second-order valence-corrected chi connectivity index (χ2v) is 3.63. The Morgan fingerprint density at radius 2 is 2.00 bits per heavy atom. The first-order valence-corrected chi connectivity index (χ1v) is 5.29. The second kappa shape index (κ2) is 5.25. The molecule has 2 rings (SSSR count). The lowest BCUT2D eigenvalue weighted by molar-refractivity contribution is 0.411. The summed E-state index contributed by atoms with van der Waals surface area (Å²) in [6.07, 6.45) is 1.27. The summed E-state index contributed by atoms with van der Waals surface area (Å²) in [6, 6.07) is 0. The Balaban J connectivity index is 2.13. The minimum Gasteiger partial charge on any atom is -0.357 e. The molecule has 2 heterocycles. The van der Waals surface area contributed by atoms with Gasteiger partial charge in [0.2, 0.25) is 24.2 Å². The van der Waals surface area contributed by atoms with Gasteiger partial charge in [-0.15, -0.1) is 0 Å². The maximum absolute atomic E-state index is 4.63. The van der Waals surface area contributed by atoms with Gasteiger partial charge in [0.25, 0.3) is 0 Å². The summed E-state index contributed by atoms with van der Waals surface area (Å²) < 4.78 is 4.63. The second-order valence-electron chi connectivity index (χ2n) is 3.63. The predicted molar refractivity (Wildman–Crippen MR) is 65.3 cm³/mol. The van der Waals surface area contributed by atoms with Crippen LogP contribution in [0.3, 0.4) is 0 Å². The maximum atomic E-state index is 4.63. The van der Waals surface area contributed by atoms with Crippen LogP contribution in [0, 0.1) is 0 Å². The molecule has 2 aromatic rings. The van der Waals surface area contributed by atoms with Crippen molar-refractivity contribution in [1.29, 1.82) is 0 Å². The van der Waals surface area contributed by atoms with E-state index >= 15 is 0 Å². The molecule has 0 unspecified atom stereocenters. The monoisotopic (exact) mass is 250 g/mol. The van der Waals surface area contributed by atoms with Crippen molar-refractivity contribution in [3.63, 3.8) is 0 Å². The van der Waals surface area contributed by atoms with E-state index in [0.717, 1.165) is 0 Å². The van der Waals surface area contributed by atoms with Gasteiger partial charge in [-0.2, -0.15) is 19.9 Å². The van der Waals surface area contributed by atoms with E-state index < -0.39 is 0 Å². The molecule has 0 fully saturated rings. The van der Waals surface area contributed by atoms with Crippen molar-refractivity contribution in [2.24, 2.45) is 0 Å². The number of nitrogens with zero attached hydrogens (tertiary/aromatic N) is 6. The van der Waals surface area contributed by atoms with Crippen molar-refractivity contribution >= 4 is 17.8 Å². The maximum Gasteiger partial charge on any atom is 0.231 e. The highest BCUT2D eigenvalue weighted by Gasteiger charge is 2.07. The van der Waals surface area contributed by atoms with Crippen molar-refractivity contribution in [1.82, 2.24) is 25.1 Å². The molecule has 0 aromatic carbocycles. The molecule has 0 saturated carbocycles. The highest BCUT2D eigenvalue weighted by atomic mass is 16.5. The minimum atomic E-state index is 0.385. The van der Waals surface area contributed by atoms with Gasteiger partial charge in [-0.05, 0) is 0 Å².